The summed E-state index contributed by atoms with van der Waals surface area (Å²) in [6.45, 7) is 7.74. The Hall–Kier alpha value is -3.10. The number of carbonyl (C=O) groups excluding carboxylic acids is 1. The van der Waals surface area contributed by atoms with Crippen LogP contribution in [0.4, 0.5) is 13.2 Å². The molecule has 9 heteroatoms. The van der Waals surface area contributed by atoms with Crippen LogP contribution in [0.25, 0.3) is 16.7 Å². The molecule has 0 radical (unpaired) electrons. The van der Waals surface area contributed by atoms with Crippen molar-refractivity contribution in [3.63, 3.8) is 0 Å². The molecule has 0 atom stereocenters. The molecule has 2 aromatic heterocycles. The first-order chi connectivity index (χ1) is 14.7. The number of hydrogen-bond donors (Lipinski definition) is 0. The van der Waals surface area contributed by atoms with Gasteiger partial charge in [-0.25, -0.2) is 4.68 Å². The van der Waals surface area contributed by atoms with Crippen LogP contribution in [-0.2, 0) is 17.4 Å². The normalized spacial score (nSPS) is 11.7. The van der Waals surface area contributed by atoms with Gasteiger partial charge < -0.3 is 9.64 Å². The average molecular weight is 434 g/mol. The number of amides is 1. The van der Waals surface area contributed by atoms with Crippen molar-refractivity contribution < 1.29 is 22.7 Å². The molecule has 0 saturated heterocycles. The highest BCUT2D eigenvalue weighted by molar-refractivity contribution is 5.85. The number of carbonyl (C=O) groups is 1. The summed E-state index contributed by atoms with van der Waals surface area (Å²) in [4.78, 5) is 18.0. The van der Waals surface area contributed by atoms with E-state index in [1.165, 1.54) is 16.5 Å². The van der Waals surface area contributed by atoms with Crippen LogP contribution in [0.3, 0.4) is 0 Å². The van der Waals surface area contributed by atoms with Crippen LogP contribution in [0.1, 0.15) is 37.6 Å². The summed E-state index contributed by atoms with van der Waals surface area (Å²) in [6, 6.07) is 8.20. The summed E-state index contributed by atoms with van der Waals surface area (Å²) >= 11 is 0. The van der Waals surface area contributed by atoms with Crippen molar-refractivity contribution in [3.05, 3.63) is 47.2 Å². The van der Waals surface area contributed by atoms with Crippen LogP contribution in [0, 0.1) is 6.92 Å². The second kappa shape index (κ2) is 8.95. The zero-order valence-corrected chi connectivity index (χ0v) is 18.0. The number of fused-ring (bicyclic) bond motifs is 1. The van der Waals surface area contributed by atoms with Crippen molar-refractivity contribution >= 4 is 16.9 Å². The minimum Gasteiger partial charge on any atom is -0.467 e. The number of nitrogens with zero attached hydrogens (tertiary/aromatic N) is 4. The second-order valence-corrected chi connectivity index (χ2v) is 7.08. The SMILES string of the molecule is CCc1ccc(-n2nc(C)c3c(C(F)(F)F)cc(OCC(=O)N(CC)CC)nc32)cc1. The molecular formula is C22H25F3N4O2. The van der Waals surface area contributed by atoms with Gasteiger partial charge in [0, 0.05) is 19.2 Å². The first kappa shape index (κ1) is 22.6. The summed E-state index contributed by atoms with van der Waals surface area (Å²) in [5.74, 6) is -0.591. The lowest BCUT2D eigenvalue weighted by atomic mass is 10.1. The average Bonchev–Trinajstić information content (AvgIpc) is 3.08. The number of benzene rings is 1. The summed E-state index contributed by atoms with van der Waals surface area (Å²) in [5, 5.41) is 4.22. The number of likely N-dealkylation sites (N-methyl/N-ethyl adjacent to an activating group) is 1. The fraction of sp³-hybridized carbons (Fsp3) is 0.409. The first-order valence-corrected chi connectivity index (χ1v) is 10.2. The fourth-order valence-corrected chi connectivity index (χ4v) is 3.42. The number of hydrogen-bond acceptors (Lipinski definition) is 4. The predicted molar refractivity (Wildman–Crippen MR) is 111 cm³/mol. The number of pyridine rings is 1. The molecule has 0 spiro atoms. The van der Waals surface area contributed by atoms with Crippen LogP contribution in [-0.4, -0.2) is 45.3 Å². The standard InChI is InChI=1S/C22H25F3N4O2/c1-5-15-8-10-16(11-9-15)29-21-20(14(4)27-29)17(22(23,24)25)12-18(26-21)31-13-19(30)28(6-2)7-3/h8-12H,5-7,13H2,1-4H3. The molecule has 1 aromatic carbocycles. The Kier molecular flexibility index (Phi) is 6.52. The number of ether oxygens (including phenoxy) is 1. The van der Waals surface area contributed by atoms with Crippen molar-refractivity contribution in [2.24, 2.45) is 0 Å². The highest BCUT2D eigenvalue weighted by atomic mass is 19.4. The number of alkyl halides is 3. The molecule has 3 aromatic rings. The lowest BCUT2D eigenvalue weighted by Crippen LogP contribution is -2.34. The van der Waals surface area contributed by atoms with Crippen LogP contribution in [0.15, 0.2) is 30.3 Å². The molecule has 3 rings (SSSR count). The minimum atomic E-state index is -4.63. The lowest BCUT2D eigenvalue weighted by molar-refractivity contribution is -0.136. The molecule has 0 aliphatic rings. The third kappa shape index (κ3) is 4.65. The van der Waals surface area contributed by atoms with Gasteiger partial charge in [-0.15, -0.1) is 0 Å². The molecule has 0 aliphatic heterocycles. The molecule has 0 unspecified atom stereocenters. The maximum Gasteiger partial charge on any atom is 0.417 e. The quantitative estimate of drug-likeness (QED) is 0.547. The molecule has 2 heterocycles. The second-order valence-electron chi connectivity index (χ2n) is 7.08. The Morgan fingerprint density at radius 1 is 1.13 bits per heavy atom. The molecule has 0 N–H and O–H groups in total. The van der Waals surface area contributed by atoms with Gasteiger partial charge >= 0.3 is 6.18 Å². The summed E-state index contributed by atoms with van der Waals surface area (Å²) < 4.78 is 48.2. The summed E-state index contributed by atoms with van der Waals surface area (Å²) in [7, 11) is 0. The highest BCUT2D eigenvalue weighted by Gasteiger charge is 2.36. The Morgan fingerprint density at radius 2 is 1.77 bits per heavy atom. The van der Waals surface area contributed by atoms with Crippen molar-refractivity contribution in [1.29, 1.82) is 0 Å². The molecule has 6 nitrogen and oxygen atoms in total. The van der Waals surface area contributed by atoms with Gasteiger partial charge in [0.1, 0.15) is 0 Å². The van der Waals surface area contributed by atoms with E-state index in [1.54, 1.807) is 12.1 Å². The van der Waals surface area contributed by atoms with Gasteiger partial charge in [-0.1, -0.05) is 19.1 Å². The Labute approximate surface area is 178 Å². The summed E-state index contributed by atoms with van der Waals surface area (Å²) in [5.41, 5.74) is 1.03. The smallest absolute Gasteiger partial charge is 0.417 e. The van der Waals surface area contributed by atoms with E-state index in [4.69, 9.17) is 4.74 Å². The van der Waals surface area contributed by atoms with Crippen LogP contribution in [0.5, 0.6) is 5.88 Å². The van der Waals surface area contributed by atoms with Crippen LogP contribution >= 0.6 is 0 Å². The molecule has 31 heavy (non-hydrogen) atoms. The maximum atomic E-state index is 13.8. The van der Waals surface area contributed by atoms with Crippen LogP contribution in [0.2, 0.25) is 0 Å². The Bertz CT molecular complexity index is 1070. The van der Waals surface area contributed by atoms with E-state index in [2.05, 4.69) is 10.1 Å². The number of aryl methyl sites for hydroxylation is 2. The van der Waals surface area contributed by atoms with Crippen molar-refractivity contribution in [2.75, 3.05) is 19.7 Å². The Balaban J connectivity index is 2.09. The summed E-state index contributed by atoms with van der Waals surface area (Å²) in [6.07, 6.45) is -3.79. The molecule has 0 aliphatic carbocycles. The first-order valence-electron chi connectivity index (χ1n) is 10.2. The molecular weight excluding hydrogens is 409 g/mol. The lowest BCUT2D eigenvalue weighted by Gasteiger charge is -2.18. The van der Waals surface area contributed by atoms with Gasteiger partial charge in [-0.05, 0) is 44.9 Å². The van der Waals surface area contributed by atoms with Crippen molar-refractivity contribution in [3.8, 4) is 11.6 Å². The van der Waals surface area contributed by atoms with Gasteiger partial charge in [0.25, 0.3) is 5.91 Å². The van der Waals surface area contributed by atoms with E-state index in [9.17, 15) is 18.0 Å². The van der Waals surface area contributed by atoms with E-state index >= 15 is 0 Å². The zero-order chi connectivity index (χ0) is 22.8. The zero-order valence-electron chi connectivity index (χ0n) is 18.0. The predicted octanol–water partition coefficient (Wildman–Crippen LogP) is 4.56. The van der Waals surface area contributed by atoms with Crippen molar-refractivity contribution in [1.82, 2.24) is 19.7 Å². The molecule has 166 valence electrons. The minimum absolute atomic E-state index is 0.0295. The number of halogens is 3. The van der Waals surface area contributed by atoms with Gasteiger partial charge in [0.15, 0.2) is 12.3 Å². The van der Waals surface area contributed by atoms with E-state index in [0.29, 0.717) is 18.8 Å². The third-order valence-corrected chi connectivity index (χ3v) is 5.14. The van der Waals surface area contributed by atoms with Crippen LogP contribution < -0.4 is 4.74 Å². The topological polar surface area (TPSA) is 60.3 Å². The van der Waals surface area contributed by atoms with E-state index in [1.807, 2.05) is 32.9 Å². The highest BCUT2D eigenvalue weighted by Crippen LogP contribution is 2.38. The van der Waals surface area contributed by atoms with Gasteiger partial charge in [-0.3, -0.25) is 4.79 Å². The van der Waals surface area contributed by atoms with Gasteiger partial charge in [0.2, 0.25) is 5.88 Å². The maximum absolute atomic E-state index is 13.8. The van der Waals surface area contributed by atoms with E-state index < -0.39 is 18.3 Å². The van der Waals surface area contributed by atoms with E-state index in [-0.39, 0.29) is 28.5 Å². The van der Waals surface area contributed by atoms with Gasteiger partial charge in [-0.2, -0.15) is 23.3 Å². The molecule has 0 fully saturated rings. The Morgan fingerprint density at radius 3 is 2.32 bits per heavy atom. The molecule has 0 saturated carbocycles. The number of rotatable bonds is 7. The third-order valence-electron chi connectivity index (χ3n) is 5.14. The monoisotopic (exact) mass is 434 g/mol. The molecule has 1 amide bonds. The van der Waals surface area contributed by atoms with Gasteiger partial charge in [0.05, 0.1) is 22.3 Å². The van der Waals surface area contributed by atoms with Crippen molar-refractivity contribution in [2.45, 2.75) is 40.3 Å². The molecule has 0 bridgehead atoms. The largest absolute Gasteiger partial charge is 0.467 e. The number of aromatic nitrogens is 3. The van der Waals surface area contributed by atoms with E-state index in [0.717, 1.165) is 18.1 Å². The fourth-order valence-electron chi connectivity index (χ4n) is 3.42.